The number of amides is 2. The molecule has 0 aromatic heterocycles. The van der Waals surface area contributed by atoms with E-state index in [1.54, 1.807) is 43.1 Å². The lowest BCUT2D eigenvalue weighted by Gasteiger charge is -2.13. The Morgan fingerprint density at radius 1 is 1.00 bits per heavy atom. The Balaban J connectivity index is 1.54. The van der Waals surface area contributed by atoms with Gasteiger partial charge in [0.1, 0.15) is 5.75 Å². The second-order valence-electron chi connectivity index (χ2n) is 5.19. The normalized spacial score (nSPS) is 13.3. The highest BCUT2D eigenvalue weighted by atomic mass is 32.2. The van der Waals surface area contributed by atoms with Crippen LogP contribution in [0, 0.1) is 0 Å². The molecule has 0 N–H and O–H groups in total. The maximum absolute atomic E-state index is 12.2. The van der Waals surface area contributed by atoms with Crippen molar-refractivity contribution in [3.8, 4) is 5.75 Å². The quantitative estimate of drug-likeness (QED) is 0.463. The number of carbonyl (C=O) groups excluding carboxylic acids is 2. The number of methoxy groups -OCH3 is 1. The van der Waals surface area contributed by atoms with Gasteiger partial charge in [-0.1, -0.05) is 18.2 Å². The lowest BCUT2D eigenvalue weighted by molar-refractivity contribution is 0.0655. The third-order valence-electron chi connectivity index (χ3n) is 3.71. The highest BCUT2D eigenvalue weighted by Crippen LogP contribution is 2.25. The van der Waals surface area contributed by atoms with Crippen LogP contribution in [0.5, 0.6) is 5.75 Å². The van der Waals surface area contributed by atoms with Gasteiger partial charge in [-0.25, -0.2) is 0 Å². The fourth-order valence-corrected chi connectivity index (χ4v) is 3.43. The zero-order valence-electron chi connectivity index (χ0n) is 12.8. The summed E-state index contributed by atoms with van der Waals surface area (Å²) in [6, 6.07) is 14.8. The van der Waals surface area contributed by atoms with E-state index in [1.165, 1.54) is 4.90 Å². The molecule has 1 heterocycles. The molecule has 0 spiro atoms. The van der Waals surface area contributed by atoms with Gasteiger partial charge >= 0.3 is 0 Å². The van der Waals surface area contributed by atoms with Gasteiger partial charge in [0.05, 0.1) is 18.2 Å². The molecule has 1 aliphatic rings. The molecule has 0 bridgehead atoms. The van der Waals surface area contributed by atoms with E-state index in [4.69, 9.17) is 4.74 Å². The number of thioether (sulfide) groups is 1. The first-order chi connectivity index (χ1) is 11.2. The van der Waals surface area contributed by atoms with Crippen molar-refractivity contribution in [3.63, 3.8) is 0 Å². The minimum atomic E-state index is -0.183. The SMILES string of the molecule is COc1cccc(SCCCN2C(=O)c3ccccc3C2=O)c1. The molecule has 1 aliphatic heterocycles. The Kier molecular flexibility index (Phi) is 4.67. The predicted octanol–water partition coefficient (Wildman–Crippen LogP) is 3.47. The van der Waals surface area contributed by atoms with Crippen molar-refractivity contribution >= 4 is 23.6 Å². The molecule has 0 radical (unpaired) electrons. The Labute approximate surface area is 139 Å². The van der Waals surface area contributed by atoms with Crippen LogP contribution in [0.15, 0.2) is 53.4 Å². The monoisotopic (exact) mass is 327 g/mol. The zero-order valence-corrected chi connectivity index (χ0v) is 13.6. The van der Waals surface area contributed by atoms with Crippen molar-refractivity contribution in [1.29, 1.82) is 0 Å². The van der Waals surface area contributed by atoms with Gasteiger partial charge in [0, 0.05) is 11.4 Å². The van der Waals surface area contributed by atoms with Gasteiger partial charge in [0.15, 0.2) is 0 Å². The molecule has 23 heavy (non-hydrogen) atoms. The molecule has 2 aromatic carbocycles. The van der Waals surface area contributed by atoms with Crippen molar-refractivity contribution in [2.75, 3.05) is 19.4 Å². The number of hydrogen-bond donors (Lipinski definition) is 0. The molecule has 3 rings (SSSR count). The van der Waals surface area contributed by atoms with Crippen LogP contribution in [-0.4, -0.2) is 36.1 Å². The van der Waals surface area contributed by atoms with Crippen molar-refractivity contribution in [2.45, 2.75) is 11.3 Å². The number of ether oxygens (including phenoxy) is 1. The summed E-state index contributed by atoms with van der Waals surface area (Å²) < 4.78 is 5.20. The average molecular weight is 327 g/mol. The highest BCUT2D eigenvalue weighted by molar-refractivity contribution is 7.99. The number of carbonyl (C=O) groups is 2. The van der Waals surface area contributed by atoms with E-state index in [0.717, 1.165) is 22.8 Å². The molecular formula is C18H17NO3S. The van der Waals surface area contributed by atoms with Gasteiger partial charge in [0.2, 0.25) is 0 Å². The minimum absolute atomic E-state index is 0.183. The summed E-state index contributed by atoms with van der Waals surface area (Å²) in [5, 5.41) is 0. The summed E-state index contributed by atoms with van der Waals surface area (Å²) in [6.07, 6.45) is 0.757. The lowest BCUT2D eigenvalue weighted by atomic mass is 10.1. The lowest BCUT2D eigenvalue weighted by Crippen LogP contribution is -2.30. The molecular weight excluding hydrogens is 310 g/mol. The first kappa shape index (κ1) is 15.6. The number of hydrogen-bond acceptors (Lipinski definition) is 4. The van der Waals surface area contributed by atoms with Crippen LogP contribution in [0.25, 0.3) is 0 Å². The molecule has 118 valence electrons. The van der Waals surface area contributed by atoms with Gasteiger partial charge in [-0.05, 0) is 42.5 Å². The van der Waals surface area contributed by atoms with Crippen LogP contribution in [0.4, 0.5) is 0 Å². The van der Waals surface area contributed by atoms with E-state index >= 15 is 0 Å². The van der Waals surface area contributed by atoms with Crippen LogP contribution < -0.4 is 4.74 Å². The zero-order chi connectivity index (χ0) is 16.2. The topological polar surface area (TPSA) is 46.6 Å². The first-order valence-electron chi connectivity index (χ1n) is 7.43. The molecule has 0 fully saturated rings. The summed E-state index contributed by atoms with van der Waals surface area (Å²) in [6.45, 7) is 0.448. The van der Waals surface area contributed by atoms with Gasteiger partial charge in [-0.2, -0.15) is 0 Å². The van der Waals surface area contributed by atoms with Crippen molar-refractivity contribution in [2.24, 2.45) is 0 Å². The fraction of sp³-hybridized carbons (Fsp3) is 0.222. The second-order valence-corrected chi connectivity index (χ2v) is 6.36. The smallest absolute Gasteiger partial charge is 0.261 e. The van der Waals surface area contributed by atoms with Gasteiger partial charge in [-0.3, -0.25) is 14.5 Å². The van der Waals surface area contributed by atoms with Crippen molar-refractivity contribution < 1.29 is 14.3 Å². The van der Waals surface area contributed by atoms with Crippen LogP contribution in [0.1, 0.15) is 27.1 Å². The summed E-state index contributed by atoms with van der Waals surface area (Å²) in [5.41, 5.74) is 1.02. The Bertz CT molecular complexity index is 710. The van der Waals surface area contributed by atoms with Gasteiger partial charge < -0.3 is 4.74 Å². The molecule has 4 nitrogen and oxygen atoms in total. The van der Waals surface area contributed by atoms with E-state index < -0.39 is 0 Å². The molecule has 5 heteroatoms. The minimum Gasteiger partial charge on any atom is -0.497 e. The number of rotatable bonds is 6. The predicted molar refractivity (Wildman–Crippen MR) is 90.1 cm³/mol. The Morgan fingerprint density at radius 3 is 2.35 bits per heavy atom. The number of imide groups is 1. The maximum atomic E-state index is 12.2. The number of nitrogens with zero attached hydrogens (tertiary/aromatic N) is 1. The molecule has 0 saturated heterocycles. The highest BCUT2D eigenvalue weighted by Gasteiger charge is 2.34. The second kappa shape index (κ2) is 6.87. The van der Waals surface area contributed by atoms with Crippen LogP contribution in [0.2, 0.25) is 0 Å². The third-order valence-corrected chi connectivity index (χ3v) is 4.79. The van der Waals surface area contributed by atoms with E-state index in [2.05, 4.69) is 0 Å². The number of fused-ring (bicyclic) bond motifs is 1. The van der Waals surface area contributed by atoms with Crippen molar-refractivity contribution in [1.82, 2.24) is 4.90 Å². The van der Waals surface area contributed by atoms with Crippen LogP contribution in [0.3, 0.4) is 0 Å². The Morgan fingerprint density at radius 2 is 1.70 bits per heavy atom. The summed E-state index contributed by atoms with van der Waals surface area (Å²) in [4.78, 5) is 26.9. The van der Waals surface area contributed by atoms with Gasteiger partial charge in [-0.15, -0.1) is 11.8 Å². The van der Waals surface area contributed by atoms with E-state index in [-0.39, 0.29) is 11.8 Å². The molecule has 0 unspecified atom stereocenters. The fourth-order valence-electron chi connectivity index (χ4n) is 2.55. The molecule has 0 atom stereocenters. The molecule has 0 aliphatic carbocycles. The standard InChI is InChI=1S/C18H17NO3S/c1-22-13-6-4-7-14(12-13)23-11-5-10-19-17(20)15-8-2-3-9-16(15)18(19)21/h2-4,6-9,12H,5,10-11H2,1H3. The van der Waals surface area contributed by atoms with E-state index in [1.807, 2.05) is 24.3 Å². The molecule has 2 aromatic rings. The van der Waals surface area contributed by atoms with Crippen LogP contribution >= 0.6 is 11.8 Å². The first-order valence-corrected chi connectivity index (χ1v) is 8.41. The Hall–Kier alpha value is -2.27. The average Bonchev–Trinajstić information content (AvgIpc) is 2.84. The van der Waals surface area contributed by atoms with E-state index in [0.29, 0.717) is 17.7 Å². The van der Waals surface area contributed by atoms with Crippen LogP contribution in [-0.2, 0) is 0 Å². The van der Waals surface area contributed by atoms with E-state index in [9.17, 15) is 9.59 Å². The summed E-state index contributed by atoms with van der Waals surface area (Å²) in [5.74, 6) is 1.30. The van der Waals surface area contributed by atoms with Crippen molar-refractivity contribution in [3.05, 3.63) is 59.7 Å². The molecule has 2 amide bonds. The van der Waals surface area contributed by atoms with Gasteiger partial charge in [0.25, 0.3) is 11.8 Å². The maximum Gasteiger partial charge on any atom is 0.261 e. The number of benzene rings is 2. The largest absolute Gasteiger partial charge is 0.497 e. The summed E-state index contributed by atoms with van der Waals surface area (Å²) >= 11 is 1.69. The summed E-state index contributed by atoms with van der Waals surface area (Å²) in [7, 11) is 1.64. The third kappa shape index (κ3) is 3.24. The molecule has 0 saturated carbocycles.